The molecule has 0 aromatic carbocycles. The van der Waals surface area contributed by atoms with Crippen molar-refractivity contribution in [3.63, 3.8) is 0 Å². The van der Waals surface area contributed by atoms with Crippen LogP contribution in [-0.4, -0.2) is 43.6 Å². The number of carbonyl (C=O) groups is 1. The summed E-state index contributed by atoms with van der Waals surface area (Å²) >= 11 is 0. The first kappa shape index (κ1) is 20.3. The lowest BCUT2D eigenvalue weighted by atomic mass is 9.82. The summed E-state index contributed by atoms with van der Waals surface area (Å²) in [7, 11) is 0. The lowest BCUT2D eigenvalue weighted by Gasteiger charge is -2.38. The number of nitriles is 1. The molecule has 1 saturated heterocycles. The highest BCUT2D eigenvalue weighted by molar-refractivity contribution is 5.78. The van der Waals surface area contributed by atoms with E-state index < -0.39 is 5.54 Å². The monoisotopic (exact) mass is 407 g/mol. The van der Waals surface area contributed by atoms with Gasteiger partial charge in [0.25, 0.3) is 0 Å². The van der Waals surface area contributed by atoms with E-state index in [9.17, 15) is 10.1 Å². The van der Waals surface area contributed by atoms with Crippen molar-refractivity contribution in [3.8, 4) is 12.0 Å². The highest BCUT2D eigenvalue weighted by Gasteiger charge is 2.35. The Morgan fingerprint density at radius 2 is 2.10 bits per heavy atom. The molecular weight excluding hydrogens is 378 g/mol. The number of amides is 1. The Bertz CT molecular complexity index is 912. The number of hydrogen-bond acceptors (Lipinski definition) is 6. The molecule has 1 N–H and O–H groups in total. The van der Waals surface area contributed by atoms with E-state index in [0.717, 1.165) is 69.4 Å². The van der Waals surface area contributed by atoms with Crippen molar-refractivity contribution in [1.29, 1.82) is 5.26 Å². The molecular formula is C22H29N7O. The highest BCUT2D eigenvalue weighted by Crippen LogP contribution is 2.29. The molecule has 30 heavy (non-hydrogen) atoms. The molecule has 1 unspecified atom stereocenters. The molecule has 8 nitrogen and oxygen atoms in total. The summed E-state index contributed by atoms with van der Waals surface area (Å²) in [5, 5.41) is 12.8. The standard InChI is InChI=1S/C22H29N7O/c1-17-13-19(26-21(25-17)28-12-10-24-16-28)29-11-6-3-7-18(29)14-20(30)27-22(15-23)8-4-2-5-9-22/h10,12-13,16,18H,2-9,11,14H2,1H3,(H,27,30). The number of aryl methyl sites for hydroxylation is 1. The van der Waals surface area contributed by atoms with Crippen molar-refractivity contribution >= 4 is 11.7 Å². The minimum atomic E-state index is -0.686. The molecule has 8 heteroatoms. The summed E-state index contributed by atoms with van der Waals surface area (Å²) in [6.45, 7) is 2.82. The fraction of sp³-hybridized carbons (Fsp3) is 0.591. The van der Waals surface area contributed by atoms with E-state index in [0.29, 0.717) is 12.4 Å². The van der Waals surface area contributed by atoms with Crippen LogP contribution in [-0.2, 0) is 4.79 Å². The second-order valence-corrected chi connectivity index (χ2v) is 8.49. The number of piperidine rings is 1. The van der Waals surface area contributed by atoms with E-state index in [2.05, 4.69) is 26.3 Å². The van der Waals surface area contributed by atoms with Gasteiger partial charge in [-0.05, 0) is 39.0 Å². The van der Waals surface area contributed by atoms with Crippen LogP contribution in [0.5, 0.6) is 0 Å². The molecule has 0 radical (unpaired) electrons. The molecule has 1 amide bonds. The number of imidazole rings is 1. The summed E-state index contributed by atoms with van der Waals surface area (Å²) in [6.07, 6.45) is 13.4. The Hall–Kier alpha value is -2.95. The Labute approximate surface area is 177 Å². The smallest absolute Gasteiger partial charge is 0.237 e. The third-order valence-corrected chi connectivity index (χ3v) is 6.21. The highest BCUT2D eigenvalue weighted by atomic mass is 16.1. The number of carbonyl (C=O) groups excluding carboxylic acids is 1. The lowest BCUT2D eigenvalue weighted by Crippen LogP contribution is -2.51. The van der Waals surface area contributed by atoms with Crippen molar-refractivity contribution in [2.75, 3.05) is 11.4 Å². The number of nitrogens with one attached hydrogen (secondary N) is 1. The third kappa shape index (κ3) is 4.45. The van der Waals surface area contributed by atoms with Gasteiger partial charge < -0.3 is 10.2 Å². The Morgan fingerprint density at radius 3 is 2.83 bits per heavy atom. The second-order valence-electron chi connectivity index (χ2n) is 8.49. The fourth-order valence-corrected chi connectivity index (χ4v) is 4.64. The number of aromatic nitrogens is 4. The van der Waals surface area contributed by atoms with Gasteiger partial charge in [0.2, 0.25) is 11.9 Å². The van der Waals surface area contributed by atoms with E-state index in [1.54, 1.807) is 17.1 Å². The number of hydrogen-bond donors (Lipinski definition) is 1. The van der Waals surface area contributed by atoms with Gasteiger partial charge in [0.05, 0.1) is 6.07 Å². The molecule has 1 saturated carbocycles. The van der Waals surface area contributed by atoms with Crippen LogP contribution in [0, 0.1) is 18.3 Å². The number of nitrogens with zero attached hydrogens (tertiary/aromatic N) is 6. The van der Waals surface area contributed by atoms with Crippen molar-refractivity contribution < 1.29 is 4.79 Å². The predicted molar refractivity (Wildman–Crippen MR) is 113 cm³/mol. The molecule has 2 aromatic rings. The van der Waals surface area contributed by atoms with Crippen LogP contribution in [0.2, 0.25) is 0 Å². The van der Waals surface area contributed by atoms with Crippen molar-refractivity contribution in [3.05, 3.63) is 30.5 Å². The van der Waals surface area contributed by atoms with E-state index in [1.807, 2.05) is 19.2 Å². The molecule has 3 heterocycles. The zero-order valence-corrected chi connectivity index (χ0v) is 17.5. The predicted octanol–water partition coefficient (Wildman–Crippen LogP) is 3.06. The summed E-state index contributed by atoms with van der Waals surface area (Å²) in [5.41, 5.74) is 0.192. The fourth-order valence-electron chi connectivity index (χ4n) is 4.64. The number of rotatable bonds is 5. The molecule has 2 fully saturated rings. The first-order chi connectivity index (χ1) is 14.6. The van der Waals surface area contributed by atoms with Crippen molar-refractivity contribution in [2.24, 2.45) is 0 Å². The number of anilines is 1. The van der Waals surface area contributed by atoms with E-state index in [4.69, 9.17) is 4.98 Å². The molecule has 0 spiro atoms. The van der Waals surface area contributed by atoms with Crippen LogP contribution >= 0.6 is 0 Å². The van der Waals surface area contributed by atoms with Gasteiger partial charge in [0, 0.05) is 43.2 Å². The second kappa shape index (κ2) is 8.82. The van der Waals surface area contributed by atoms with Crippen LogP contribution < -0.4 is 10.2 Å². The minimum Gasteiger partial charge on any atom is -0.353 e. The summed E-state index contributed by atoms with van der Waals surface area (Å²) in [5.74, 6) is 1.40. The maximum atomic E-state index is 12.9. The molecule has 0 bridgehead atoms. The van der Waals surface area contributed by atoms with E-state index in [1.165, 1.54) is 0 Å². The quantitative estimate of drug-likeness (QED) is 0.818. The third-order valence-electron chi connectivity index (χ3n) is 6.21. The van der Waals surface area contributed by atoms with Gasteiger partial charge in [-0.2, -0.15) is 10.2 Å². The van der Waals surface area contributed by atoms with Crippen molar-refractivity contribution in [1.82, 2.24) is 24.8 Å². The summed E-state index contributed by atoms with van der Waals surface area (Å²) in [4.78, 5) is 28.5. The van der Waals surface area contributed by atoms with E-state index >= 15 is 0 Å². The Balaban J connectivity index is 1.51. The molecule has 2 aromatic heterocycles. The van der Waals surface area contributed by atoms with Gasteiger partial charge >= 0.3 is 0 Å². The van der Waals surface area contributed by atoms with Crippen LogP contribution in [0.3, 0.4) is 0 Å². The zero-order valence-electron chi connectivity index (χ0n) is 17.5. The Morgan fingerprint density at radius 1 is 1.27 bits per heavy atom. The van der Waals surface area contributed by atoms with Crippen LogP contribution in [0.4, 0.5) is 5.82 Å². The summed E-state index contributed by atoms with van der Waals surface area (Å²) < 4.78 is 1.79. The van der Waals surface area contributed by atoms with Crippen LogP contribution in [0.15, 0.2) is 24.8 Å². The molecule has 4 rings (SSSR count). The first-order valence-corrected chi connectivity index (χ1v) is 10.9. The topological polar surface area (TPSA) is 99.7 Å². The lowest BCUT2D eigenvalue weighted by molar-refractivity contribution is -0.123. The zero-order chi connectivity index (χ0) is 21.0. The van der Waals surface area contributed by atoms with Crippen LogP contribution in [0.25, 0.3) is 5.95 Å². The summed E-state index contributed by atoms with van der Waals surface area (Å²) in [6, 6.07) is 4.44. The normalized spacial score (nSPS) is 21.1. The average Bonchev–Trinajstić information content (AvgIpc) is 3.29. The van der Waals surface area contributed by atoms with Gasteiger partial charge in [0.1, 0.15) is 17.7 Å². The molecule has 2 aliphatic rings. The van der Waals surface area contributed by atoms with Crippen molar-refractivity contribution in [2.45, 2.75) is 76.3 Å². The maximum absolute atomic E-state index is 12.9. The average molecular weight is 408 g/mol. The Kier molecular flexibility index (Phi) is 5.98. The van der Waals surface area contributed by atoms with E-state index in [-0.39, 0.29) is 11.9 Å². The van der Waals surface area contributed by atoms with Gasteiger partial charge in [-0.1, -0.05) is 19.3 Å². The van der Waals surface area contributed by atoms with Crippen LogP contribution in [0.1, 0.15) is 63.5 Å². The SMILES string of the molecule is Cc1cc(N2CCCCC2CC(=O)NC2(C#N)CCCCC2)nc(-n2ccnc2)n1. The minimum absolute atomic E-state index is 0.0315. The van der Waals surface area contributed by atoms with Gasteiger partial charge in [-0.3, -0.25) is 9.36 Å². The van der Waals surface area contributed by atoms with Gasteiger partial charge in [-0.15, -0.1) is 0 Å². The van der Waals surface area contributed by atoms with Gasteiger partial charge in [-0.25, -0.2) is 9.97 Å². The molecule has 1 aliphatic heterocycles. The molecule has 1 atom stereocenters. The largest absolute Gasteiger partial charge is 0.353 e. The molecule has 1 aliphatic carbocycles. The maximum Gasteiger partial charge on any atom is 0.237 e. The first-order valence-electron chi connectivity index (χ1n) is 10.9. The van der Waals surface area contributed by atoms with Gasteiger partial charge in [0.15, 0.2) is 0 Å². The molecule has 158 valence electrons.